The van der Waals surface area contributed by atoms with Crippen LogP contribution in [0.3, 0.4) is 0 Å². The lowest BCUT2D eigenvalue weighted by Gasteiger charge is -2.08. The van der Waals surface area contributed by atoms with E-state index >= 15 is 0 Å². The van der Waals surface area contributed by atoms with Gasteiger partial charge in [0.1, 0.15) is 0 Å². The molecule has 1 unspecified atom stereocenters. The average Bonchev–Trinajstić information content (AvgIpc) is 2.23. The van der Waals surface area contributed by atoms with Crippen LogP contribution in [0.2, 0.25) is 0 Å². The smallest absolute Gasteiger partial charge is 0.200 e. The molecule has 0 aliphatic heterocycles. The van der Waals surface area contributed by atoms with Gasteiger partial charge >= 0.3 is 0 Å². The normalized spacial score (nSPS) is 12.9. The Morgan fingerprint density at radius 1 is 0.938 bits per heavy atom. The molecule has 0 bridgehead atoms. The van der Waals surface area contributed by atoms with Crippen LogP contribution in [0.4, 0.5) is 22.0 Å². The summed E-state index contributed by atoms with van der Waals surface area (Å²) in [5, 5.41) is 0. The highest BCUT2D eigenvalue weighted by Gasteiger charge is 2.25. The van der Waals surface area contributed by atoms with Gasteiger partial charge in [-0.25, -0.2) is 22.0 Å². The monoisotopic (exact) mass is 320 g/mol. The van der Waals surface area contributed by atoms with Crippen molar-refractivity contribution in [3.05, 3.63) is 29.1 Å². The van der Waals surface area contributed by atoms with E-state index in [4.69, 9.17) is 0 Å². The quantitative estimate of drug-likeness (QED) is 0.264. The molecule has 90 valence electrons. The van der Waals surface area contributed by atoms with Crippen LogP contribution in [0.1, 0.15) is 6.92 Å². The summed E-state index contributed by atoms with van der Waals surface area (Å²) in [4.78, 5) is -0.949. The van der Waals surface area contributed by atoms with Gasteiger partial charge in [0.15, 0.2) is 23.3 Å². The molecule has 16 heavy (non-hydrogen) atoms. The van der Waals surface area contributed by atoms with Crippen molar-refractivity contribution in [2.75, 3.05) is 5.75 Å². The van der Waals surface area contributed by atoms with Gasteiger partial charge in [-0.05, 0) is 0 Å². The summed E-state index contributed by atoms with van der Waals surface area (Å²) >= 11 is 3.68. The van der Waals surface area contributed by atoms with E-state index < -0.39 is 34.0 Å². The first-order valence-corrected chi connectivity index (χ1v) is 6.04. The Balaban J connectivity index is 3.18. The highest BCUT2D eigenvalue weighted by Crippen LogP contribution is 2.31. The van der Waals surface area contributed by atoms with Crippen molar-refractivity contribution in [1.29, 1.82) is 0 Å². The summed E-state index contributed by atoms with van der Waals surface area (Å²) in [6.45, 7) is 1.69. The third-order valence-electron chi connectivity index (χ3n) is 1.63. The summed E-state index contributed by atoms with van der Waals surface area (Å²) in [6, 6.07) is 0. The standard InChI is InChI=1S/C9H6BrF5S/c1-3(10)2-16-9-7(14)5(12)4(11)6(13)8(9)15/h3H,2H2,1H3. The number of halogens is 6. The summed E-state index contributed by atoms with van der Waals surface area (Å²) in [5.74, 6) is -9.33. The third-order valence-corrected chi connectivity index (χ3v) is 3.69. The van der Waals surface area contributed by atoms with E-state index in [1.807, 2.05) is 0 Å². The van der Waals surface area contributed by atoms with Crippen LogP contribution >= 0.6 is 27.7 Å². The van der Waals surface area contributed by atoms with E-state index in [9.17, 15) is 22.0 Å². The van der Waals surface area contributed by atoms with Gasteiger partial charge in [-0.15, -0.1) is 11.8 Å². The van der Waals surface area contributed by atoms with Crippen molar-refractivity contribution in [3.8, 4) is 0 Å². The Hall–Kier alpha value is -0.300. The van der Waals surface area contributed by atoms with Gasteiger partial charge in [0.05, 0.1) is 4.90 Å². The zero-order valence-corrected chi connectivity index (χ0v) is 10.4. The maximum absolute atomic E-state index is 13.1. The molecule has 0 fully saturated rings. The minimum Gasteiger partial charge on any atom is -0.202 e. The molecule has 7 heteroatoms. The van der Waals surface area contributed by atoms with E-state index in [0.717, 1.165) is 0 Å². The Morgan fingerprint density at radius 2 is 1.31 bits per heavy atom. The van der Waals surface area contributed by atoms with Crippen LogP contribution in [0.5, 0.6) is 0 Å². The van der Waals surface area contributed by atoms with Gasteiger partial charge in [-0.3, -0.25) is 0 Å². The van der Waals surface area contributed by atoms with Gasteiger partial charge in [0.25, 0.3) is 0 Å². The van der Waals surface area contributed by atoms with Crippen LogP contribution in [0.15, 0.2) is 4.90 Å². The fraction of sp³-hybridized carbons (Fsp3) is 0.333. The number of hydrogen-bond donors (Lipinski definition) is 0. The van der Waals surface area contributed by atoms with Crippen LogP contribution in [0.25, 0.3) is 0 Å². The maximum Gasteiger partial charge on any atom is 0.200 e. The zero-order valence-electron chi connectivity index (χ0n) is 7.96. The number of rotatable bonds is 3. The number of hydrogen-bond acceptors (Lipinski definition) is 1. The zero-order chi connectivity index (χ0) is 12.5. The van der Waals surface area contributed by atoms with Gasteiger partial charge in [-0.2, -0.15) is 0 Å². The second-order valence-electron chi connectivity index (χ2n) is 2.99. The predicted molar refractivity (Wildman–Crippen MR) is 55.3 cm³/mol. The molecule has 0 nitrogen and oxygen atoms in total. The van der Waals surface area contributed by atoms with Crippen molar-refractivity contribution >= 4 is 27.7 Å². The second kappa shape index (κ2) is 5.35. The topological polar surface area (TPSA) is 0 Å². The first-order valence-electron chi connectivity index (χ1n) is 4.14. The summed E-state index contributed by atoms with van der Waals surface area (Å²) in [5.41, 5.74) is 0. The minimum atomic E-state index is -2.13. The lowest BCUT2D eigenvalue weighted by atomic mass is 10.3. The number of alkyl halides is 1. The molecule has 0 spiro atoms. The van der Waals surface area contributed by atoms with Crippen LogP contribution in [-0.2, 0) is 0 Å². The molecule has 1 aromatic carbocycles. The first-order chi connectivity index (χ1) is 7.36. The van der Waals surface area contributed by atoms with Gasteiger partial charge in [0, 0.05) is 10.6 Å². The molecule has 0 saturated carbocycles. The Kier molecular flexibility index (Phi) is 4.61. The van der Waals surface area contributed by atoms with Crippen molar-refractivity contribution in [2.45, 2.75) is 16.6 Å². The van der Waals surface area contributed by atoms with Crippen LogP contribution < -0.4 is 0 Å². The van der Waals surface area contributed by atoms with Gasteiger partial charge in [0.2, 0.25) is 5.82 Å². The largest absolute Gasteiger partial charge is 0.202 e. The van der Waals surface area contributed by atoms with E-state index in [1.54, 1.807) is 6.92 Å². The Morgan fingerprint density at radius 3 is 1.69 bits per heavy atom. The van der Waals surface area contributed by atoms with Gasteiger partial charge in [-0.1, -0.05) is 22.9 Å². The highest BCUT2D eigenvalue weighted by atomic mass is 79.9. The molecule has 0 aliphatic carbocycles. The van der Waals surface area contributed by atoms with E-state index in [0.29, 0.717) is 11.8 Å². The summed E-state index contributed by atoms with van der Waals surface area (Å²) < 4.78 is 64.3. The molecule has 1 aromatic rings. The van der Waals surface area contributed by atoms with Crippen molar-refractivity contribution < 1.29 is 22.0 Å². The van der Waals surface area contributed by atoms with Crippen molar-refractivity contribution in [1.82, 2.24) is 0 Å². The van der Waals surface area contributed by atoms with E-state index in [1.165, 1.54) is 0 Å². The molecule has 1 rings (SSSR count). The molecule has 1 atom stereocenters. The molecular formula is C9H6BrF5S. The summed E-state index contributed by atoms with van der Waals surface area (Å²) in [6.07, 6.45) is 0. The fourth-order valence-corrected chi connectivity index (χ4v) is 2.14. The number of thioether (sulfide) groups is 1. The maximum atomic E-state index is 13.1. The molecular weight excluding hydrogens is 315 g/mol. The number of benzene rings is 1. The van der Waals surface area contributed by atoms with E-state index in [2.05, 4.69) is 15.9 Å². The molecule has 0 N–H and O–H groups in total. The average molecular weight is 321 g/mol. The lowest BCUT2D eigenvalue weighted by molar-refractivity contribution is 0.361. The Bertz CT molecular complexity index is 378. The Labute approximate surface area is 101 Å². The summed E-state index contributed by atoms with van der Waals surface area (Å²) in [7, 11) is 0. The highest BCUT2D eigenvalue weighted by molar-refractivity contribution is 9.09. The fourth-order valence-electron chi connectivity index (χ4n) is 0.910. The molecule has 0 saturated heterocycles. The predicted octanol–water partition coefficient (Wildman–Crippen LogP) is 4.26. The molecule has 0 amide bonds. The van der Waals surface area contributed by atoms with Gasteiger partial charge < -0.3 is 0 Å². The van der Waals surface area contributed by atoms with Crippen molar-refractivity contribution in [3.63, 3.8) is 0 Å². The molecule has 0 aliphatic rings. The SMILES string of the molecule is CC(Br)CSc1c(F)c(F)c(F)c(F)c1F. The van der Waals surface area contributed by atoms with Crippen LogP contribution in [-0.4, -0.2) is 10.6 Å². The van der Waals surface area contributed by atoms with E-state index in [-0.39, 0.29) is 10.6 Å². The third kappa shape index (κ3) is 2.68. The second-order valence-corrected chi connectivity index (χ2v) is 5.58. The van der Waals surface area contributed by atoms with Crippen molar-refractivity contribution in [2.24, 2.45) is 0 Å². The molecule has 0 radical (unpaired) electrons. The van der Waals surface area contributed by atoms with Crippen LogP contribution in [0, 0.1) is 29.1 Å². The lowest BCUT2D eigenvalue weighted by Crippen LogP contribution is -2.05. The first kappa shape index (κ1) is 13.8. The molecule has 0 aromatic heterocycles. The minimum absolute atomic E-state index is 0.104. The molecule has 0 heterocycles.